The first-order chi connectivity index (χ1) is 3.92. The molecule has 0 aliphatic carbocycles. The SMILES string of the molecule is C=C(C)C[CH+]C(C)(C)C. The molecule has 0 aliphatic rings. The molecule has 0 fully saturated rings. The molecule has 0 radical (unpaired) electrons. The van der Waals surface area contributed by atoms with Crippen molar-refractivity contribution >= 4 is 0 Å². The van der Waals surface area contributed by atoms with Gasteiger partial charge < -0.3 is 0 Å². The van der Waals surface area contributed by atoms with Gasteiger partial charge >= 0.3 is 0 Å². The topological polar surface area (TPSA) is 0 Å². The van der Waals surface area contributed by atoms with Crippen LogP contribution < -0.4 is 0 Å². The normalized spacial score (nSPS) is 11.1. The van der Waals surface area contributed by atoms with Crippen LogP contribution in [0.25, 0.3) is 0 Å². The second-order valence-electron chi connectivity index (χ2n) is 3.73. The molecule has 9 heavy (non-hydrogen) atoms. The lowest BCUT2D eigenvalue weighted by Gasteiger charge is -2.06. The zero-order valence-electron chi connectivity index (χ0n) is 6.99. The quantitative estimate of drug-likeness (QED) is 0.392. The van der Waals surface area contributed by atoms with Crippen molar-refractivity contribution in [1.29, 1.82) is 0 Å². The smallest absolute Gasteiger partial charge is 0.0959 e. The van der Waals surface area contributed by atoms with Crippen LogP contribution in [0.5, 0.6) is 0 Å². The van der Waals surface area contributed by atoms with Gasteiger partial charge in [0, 0.05) is 0 Å². The largest absolute Gasteiger partial charge is 0.109 e. The first-order valence-corrected chi connectivity index (χ1v) is 3.40. The maximum atomic E-state index is 3.83. The average molecular weight is 125 g/mol. The lowest BCUT2D eigenvalue weighted by molar-refractivity contribution is 0.483. The second kappa shape index (κ2) is 2.95. The van der Waals surface area contributed by atoms with Gasteiger partial charge in [-0.05, 0) is 33.3 Å². The monoisotopic (exact) mass is 125 g/mol. The number of hydrogen-bond donors (Lipinski definition) is 0. The molecule has 0 saturated heterocycles. The number of hydrogen-bond acceptors (Lipinski definition) is 0. The van der Waals surface area contributed by atoms with E-state index in [2.05, 4.69) is 40.7 Å². The lowest BCUT2D eigenvalue weighted by Crippen LogP contribution is -2.05. The van der Waals surface area contributed by atoms with E-state index < -0.39 is 0 Å². The average Bonchev–Trinajstić information content (AvgIpc) is 1.59. The molecule has 0 nitrogen and oxygen atoms in total. The van der Waals surface area contributed by atoms with Crippen LogP contribution in [0, 0.1) is 11.8 Å². The first kappa shape index (κ1) is 8.61. The summed E-state index contributed by atoms with van der Waals surface area (Å²) in [6, 6.07) is 0. The summed E-state index contributed by atoms with van der Waals surface area (Å²) >= 11 is 0. The summed E-state index contributed by atoms with van der Waals surface area (Å²) in [7, 11) is 0. The van der Waals surface area contributed by atoms with Gasteiger partial charge in [-0.15, -0.1) is 0 Å². The Morgan fingerprint density at radius 3 is 2.00 bits per heavy atom. The summed E-state index contributed by atoms with van der Waals surface area (Å²) in [6.07, 6.45) is 3.33. The van der Waals surface area contributed by atoms with E-state index in [1.807, 2.05) is 0 Å². The van der Waals surface area contributed by atoms with Crippen LogP contribution in [0.1, 0.15) is 34.1 Å². The Bertz CT molecular complexity index is 93.1. The predicted octanol–water partition coefficient (Wildman–Crippen LogP) is 3.20. The fourth-order valence-corrected chi connectivity index (χ4v) is 0.480. The van der Waals surface area contributed by atoms with Crippen LogP contribution in [0.3, 0.4) is 0 Å². The summed E-state index contributed by atoms with van der Waals surface area (Å²) in [5, 5.41) is 0. The minimum atomic E-state index is 0.346. The molecular formula is C9H17+. The van der Waals surface area contributed by atoms with Gasteiger partial charge in [-0.3, -0.25) is 0 Å². The zero-order chi connectivity index (χ0) is 7.49. The molecule has 0 aromatic carbocycles. The van der Waals surface area contributed by atoms with Gasteiger partial charge in [-0.1, -0.05) is 6.58 Å². The van der Waals surface area contributed by atoms with Crippen molar-refractivity contribution in [1.82, 2.24) is 0 Å². The van der Waals surface area contributed by atoms with Crippen molar-refractivity contribution in [3.63, 3.8) is 0 Å². The van der Waals surface area contributed by atoms with Crippen LogP contribution in [-0.2, 0) is 0 Å². The molecule has 0 aromatic heterocycles. The van der Waals surface area contributed by atoms with Crippen molar-refractivity contribution in [3.8, 4) is 0 Å². The van der Waals surface area contributed by atoms with E-state index in [9.17, 15) is 0 Å². The Morgan fingerprint density at radius 2 is 1.89 bits per heavy atom. The van der Waals surface area contributed by atoms with E-state index in [4.69, 9.17) is 0 Å². The zero-order valence-corrected chi connectivity index (χ0v) is 6.99. The molecule has 0 heteroatoms. The summed E-state index contributed by atoms with van der Waals surface area (Å²) in [5.41, 5.74) is 1.59. The Morgan fingerprint density at radius 1 is 1.44 bits per heavy atom. The van der Waals surface area contributed by atoms with Crippen molar-refractivity contribution in [2.75, 3.05) is 0 Å². The minimum absolute atomic E-state index is 0.346. The third-order valence-corrected chi connectivity index (χ3v) is 1.06. The van der Waals surface area contributed by atoms with Crippen LogP contribution in [0.4, 0.5) is 0 Å². The van der Waals surface area contributed by atoms with Gasteiger partial charge in [0.05, 0.1) is 11.8 Å². The summed E-state index contributed by atoms with van der Waals surface area (Å²) < 4.78 is 0. The molecule has 0 saturated carbocycles. The lowest BCUT2D eigenvalue weighted by atomic mass is 9.89. The fourth-order valence-electron chi connectivity index (χ4n) is 0.480. The van der Waals surface area contributed by atoms with Crippen molar-refractivity contribution in [3.05, 3.63) is 18.6 Å². The van der Waals surface area contributed by atoms with E-state index in [1.54, 1.807) is 0 Å². The molecule has 0 aromatic rings. The summed E-state index contributed by atoms with van der Waals surface area (Å²) in [5.74, 6) is 0. The Kier molecular flexibility index (Phi) is 2.83. The number of allylic oxidation sites excluding steroid dienone is 1. The molecule has 0 aliphatic heterocycles. The van der Waals surface area contributed by atoms with E-state index in [0.29, 0.717) is 5.41 Å². The molecule has 0 heterocycles. The third kappa shape index (κ3) is 7.61. The fraction of sp³-hybridized carbons (Fsp3) is 0.667. The summed E-state index contributed by atoms with van der Waals surface area (Å²) in [4.78, 5) is 0. The maximum absolute atomic E-state index is 3.83. The van der Waals surface area contributed by atoms with Gasteiger partial charge in [0.25, 0.3) is 0 Å². The van der Waals surface area contributed by atoms with Crippen molar-refractivity contribution < 1.29 is 0 Å². The highest BCUT2D eigenvalue weighted by Crippen LogP contribution is 2.20. The van der Waals surface area contributed by atoms with Gasteiger partial charge in [-0.25, -0.2) is 0 Å². The van der Waals surface area contributed by atoms with Gasteiger partial charge in [-0.2, -0.15) is 0 Å². The molecule has 0 rings (SSSR count). The van der Waals surface area contributed by atoms with Crippen molar-refractivity contribution in [2.45, 2.75) is 34.1 Å². The van der Waals surface area contributed by atoms with Gasteiger partial charge in [0.1, 0.15) is 6.42 Å². The molecule has 52 valence electrons. The van der Waals surface area contributed by atoms with E-state index in [-0.39, 0.29) is 0 Å². The Labute approximate surface area is 59.0 Å². The van der Waals surface area contributed by atoms with E-state index in [1.165, 1.54) is 5.57 Å². The molecule has 0 spiro atoms. The second-order valence-corrected chi connectivity index (χ2v) is 3.73. The molecule has 0 bridgehead atoms. The minimum Gasteiger partial charge on any atom is -0.0959 e. The highest BCUT2D eigenvalue weighted by atomic mass is 14.1. The van der Waals surface area contributed by atoms with E-state index in [0.717, 1.165) is 6.42 Å². The highest BCUT2D eigenvalue weighted by Gasteiger charge is 2.18. The predicted molar refractivity (Wildman–Crippen MR) is 43.2 cm³/mol. The van der Waals surface area contributed by atoms with Crippen LogP contribution in [0.2, 0.25) is 0 Å². The maximum Gasteiger partial charge on any atom is 0.109 e. The highest BCUT2D eigenvalue weighted by molar-refractivity contribution is 4.97. The Balaban J connectivity index is 3.39. The molecular weight excluding hydrogens is 108 g/mol. The van der Waals surface area contributed by atoms with Gasteiger partial charge in [0.15, 0.2) is 0 Å². The van der Waals surface area contributed by atoms with Crippen LogP contribution >= 0.6 is 0 Å². The summed E-state index contributed by atoms with van der Waals surface area (Å²) in [6.45, 7) is 12.5. The molecule has 0 N–H and O–H groups in total. The Hall–Kier alpha value is -0.390. The van der Waals surface area contributed by atoms with Gasteiger partial charge in [0.2, 0.25) is 0 Å². The van der Waals surface area contributed by atoms with Crippen LogP contribution in [0.15, 0.2) is 12.2 Å². The van der Waals surface area contributed by atoms with Crippen molar-refractivity contribution in [2.24, 2.45) is 5.41 Å². The number of rotatable bonds is 2. The molecule has 0 unspecified atom stereocenters. The standard InChI is InChI=1S/C9H17/c1-8(2)6-7-9(3,4)5/h7H,1,6H2,2-5H3/q+1. The first-order valence-electron chi connectivity index (χ1n) is 3.40. The molecule has 0 atom stereocenters. The third-order valence-electron chi connectivity index (χ3n) is 1.06. The van der Waals surface area contributed by atoms with Crippen LogP contribution in [-0.4, -0.2) is 0 Å². The van der Waals surface area contributed by atoms with E-state index >= 15 is 0 Å². The molecule has 0 amide bonds.